The second kappa shape index (κ2) is 9.58. The lowest BCUT2D eigenvalue weighted by Gasteiger charge is -2.39. The highest BCUT2D eigenvalue weighted by Crippen LogP contribution is 2.26. The van der Waals surface area contributed by atoms with Crippen molar-refractivity contribution in [1.29, 1.82) is 0 Å². The minimum atomic E-state index is -3.41. The summed E-state index contributed by atoms with van der Waals surface area (Å²) in [5.41, 5.74) is 2.36. The number of anilines is 1. The largest absolute Gasteiger partial charge is 0.366 e. The first-order valence-electron chi connectivity index (χ1n) is 11.2. The Morgan fingerprint density at radius 3 is 2.22 bits per heavy atom. The molecule has 2 heterocycles. The number of aryl methyl sites for hydroxylation is 1. The highest BCUT2D eigenvalue weighted by Gasteiger charge is 2.34. The van der Waals surface area contributed by atoms with Crippen LogP contribution in [0.5, 0.6) is 0 Å². The standard InChI is InChI=1S/C24H30FN3O3S/c1-19-6-2-3-7-21(19)18-32(30,31)28-12-10-20(11-13-28)24(29)27-16-14-26(15-17-27)23-9-5-4-8-22(23)25/h2-9,20H,10-18H2,1H3. The number of carbonyl (C=O) groups excluding carboxylic acids is 1. The number of sulfonamides is 1. The second-order valence-corrected chi connectivity index (χ2v) is 10.6. The van der Waals surface area contributed by atoms with Gasteiger partial charge < -0.3 is 9.80 Å². The zero-order chi connectivity index (χ0) is 22.7. The Labute approximate surface area is 189 Å². The number of benzene rings is 2. The van der Waals surface area contributed by atoms with Crippen LogP contribution in [0.3, 0.4) is 0 Å². The minimum absolute atomic E-state index is 0.00368. The number of para-hydroxylation sites is 1. The molecule has 0 aromatic heterocycles. The van der Waals surface area contributed by atoms with Crippen LogP contribution in [-0.2, 0) is 20.6 Å². The van der Waals surface area contributed by atoms with Crippen molar-refractivity contribution in [3.05, 3.63) is 65.5 Å². The third-order valence-corrected chi connectivity index (χ3v) is 8.41. The molecule has 2 saturated heterocycles. The fourth-order valence-electron chi connectivity index (χ4n) is 4.57. The van der Waals surface area contributed by atoms with Crippen LogP contribution < -0.4 is 4.90 Å². The normalized spacial score (nSPS) is 18.7. The van der Waals surface area contributed by atoms with Gasteiger partial charge in [-0.05, 0) is 43.0 Å². The number of hydrogen-bond donors (Lipinski definition) is 0. The number of hydrogen-bond acceptors (Lipinski definition) is 4. The van der Waals surface area contributed by atoms with Crippen LogP contribution in [0, 0.1) is 18.7 Å². The molecule has 0 spiro atoms. The molecular weight excluding hydrogens is 429 g/mol. The van der Waals surface area contributed by atoms with Gasteiger partial charge in [0.2, 0.25) is 15.9 Å². The van der Waals surface area contributed by atoms with E-state index in [9.17, 15) is 17.6 Å². The minimum Gasteiger partial charge on any atom is -0.366 e. The Morgan fingerprint density at radius 2 is 1.56 bits per heavy atom. The summed E-state index contributed by atoms with van der Waals surface area (Å²) in [6, 6.07) is 14.2. The first-order chi connectivity index (χ1) is 15.3. The van der Waals surface area contributed by atoms with E-state index in [2.05, 4.69) is 0 Å². The number of carbonyl (C=O) groups is 1. The second-order valence-electron chi connectivity index (χ2n) is 8.62. The van der Waals surface area contributed by atoms with Crippen molar-refractivity contribution >= 4 is 21.6 Å². The van der Waals surface area contributed by atoms with Gasteiger partial charge in [0.15, 0.2) is 0 Å². The number of nitrogens with zero attached hydrogens (tertiary/aromatic N) is 3. The Morgan fingerprint density at radius 1 is 0.938 bits per heavy atom. The van der Waals surface area contributed by atoms with Crippen LogP contribution in [0.15, 0.2) is 48.5 Å². The average molecular weight is 460 g/mol. The third-order valence-electron chi connectivity index (χ3n) is 6.58. The molecule has 0 radical (unpaired) electrons. The summed E-state index contributed by atoms with van der Waals surface area (Å²) in [5.74, 6) is -0.309. The molecule has 172 valence electrons. The average Bonchev–Trinajstić information content (AvgIpc) is 2.81. The van der Waals surface area contributed by atoms with Gasteiger partial charge in [-0.25, -0.2) is 17.1 Å². The molecule has 0 aliphatic carbocycles. The smallest absolute Gasteiger partial charge is 0.225 e. The maximum absolute atomic E-state index is 14.0. The first-order valence-corrected chi connectivity index (χ1v) is 12.8. The Balaban J connectivity index is 1.29. The van der Waals surface area contributed by atoms with E-state index in [1.54, 1.807) is 12.1 Å². The maximum Gasteiger partial charge on any atom is 0.225 e. The van der Waals surface area contributed by atoms with Gasteiger partial charge in [-0.3, -0.25) is 4.79 Å². The monoisotopic (exact) mass is 459 g/mol. The molecule has 2 aromatic rings. The number of amides is 1. The van der Waals surface area contributed by atoms with Crippen molar-refractivity contribution in [3.63, 3.8) is 0 Å². The fourth-order valence-corrected chi connectivity index (χ4v) is 6.24. The van der Waals surface area contributed by atoms with Crippen molar-refractivity contribution in [2.45, 2.75) is 25.5 Å². The van der Waals surface area contributed by atoms with Gasteiger partial charge in [0.25, 0.3) is 0 Å². The molecule has 0 unspecified atom stereocenters. The summed E-state index contributed by atoms with van der Waals surface area (Å²) in [4.78, 5) is 16.8. The molecule has 4 rings (SSSR count). The number of piperazine rings is 1. The van der Waals surface area contributed by atoms with Crippen LogP contribution >= 0.6 is 0 Å². The molecular formula is C24H30FN3O3S. The van der Waals surface area contributed by atoms with Gasteiger partial charge >= 0.3 is 0 Å². The zero-order valence-electron chi connectivity index (χ0n) is 18.4. The maximum atomic E-state index is 14.0. The number of piperidine rings is 1. The summed E-state index contributed by atoms with van der Waals surface area (Å²) >= 11 is 0. The summed E-state index contributed by atoms with van der Waals surface area (Å²) in [6.45, 7) is 4.96. The lowest BCUT2D eigenvalue weighted by atomic mass is 9.96. The highest BCUT2D eigenvalue weighted by atomic mass is 32.2. The van der Waals surface area contributed by atoms with Crippen LogP contribution in [-0.4, -0.2) is 62.8 Å². The van der Waals surface area contributed by atoms with Crippen molar-refractivity contribution in [2.24, 2.45) is 5.92 Å². The summed E-state index contributed by atoms with van der Waals surface area (Å²) < 4.78 is 41.3. The van der Waals surface area contributed by atoms with Crippen LogP contribution in [0.4, 0.5) is 10.1 Å². The van der Waals surface area contributed by atoms with E-state index in [4.69, 9.17) is 0 Å². The summed E-state index contributed by atoms with van der Waals surface area (Å²) in [6.07, 6.45) is 1.08. The summed E-state index contributed by atoms with van der Waals surface area (Å²) in [5, 5.41) is 0. The molecule has 0 saturated carbocycles. The van der Waals surface area contributed by atoms with Crippen molar-refractivity contribution < 1.29 is 17.6 Å². The van der Waals surface area contributed by atoms with Crippen molar-refractivity contribution in [2.75, 3.05) is 44.2 Å². The van der Waals surface area contributed by atoms with E-state index < -0.39 is 10.0 Å². The zero-order valence-corrected chi connectivity index (χ0v) is 19.2. The molecule has 0 bridgehead atoms. The predicted octanol–water partition coefficient (Wildman–Crippen LogP) is 3.02. The summed E-state index contributed by atoms with van der Waals surface area (Å²) in [7, 11) is -3.41. The topological polar surface area (TPSA) is 60.9 Å². The van der Waals surface area contributed by atoms with Crippen LogP contribution in [0.2, 0.25) is 0 Å². The lowest BCUT2D eigenvalue weighted by Crippen LogP contribution is -2.52. The molecule has 6 nitrogen and oxygen atoms in total. The van der Waals surface area contributed by atoms with Gasteiger partial charge in [0.1, 0.15) is 5.82 Å². The van der Waals surface area contributed by atoms with Gasteiger partial charge in [-0.15, -0.1) is 0 Å². The molecule has 0 atom stereocenters. The molecule has 2 aliphatic rings. The fraction of sp³-hybridized carbons (Fsp3) is 0.458. The molecule has 8 heteroatoms. The Bertz CT molecular complexity index is 1060. The third kappa shape index (κ3) is 4.96. The van der Waals surface area contributed by atoms with Crippen molar-refractivity contribution in [3.8, 4) is 0 Å². The first kappa shape index (κ1) is 22.7. The van der Waals surface area contributed by atoms with E-state index in [1.807, 2.05) is 47.1 Å². The molecule has 32 heavy (non-hydrogen) atoms. The van der Waals surface area contributed by atoms with E-state index in [1.165, 1.54) is 10.4 Å². The molecule has 0 N–H and O–H groups in total. The SMILES string of the molecule is Cc1ccccc1CS(=O)(=O)N1CCC(C(=O)N2CCN(c3ccccc3F)CC2)CC1. The van der Waals surface area contributed by atoms with Crippen molar-refractivity contribution in [1.82, 2.24) is 9.21 Å². The van der Waals surface area contributed by atoms with Gasteiger partial charge in [-0.1, -0.05) is 36.4 Å². The van der Waals surface area contributed by atoms with Crippen LogP contribution in [0.25, 0.3) is 0 Å². The number of rotatable bonds is 5. The van der Waals surface area contributed by atoms with Gasteiger partial charge in [0, 0.05) is 45.2 Å². The Kier molecular flexibility index (Phi) is 6.81. The van der Waals surface area contributed by atoms with E-state index in [0.29, 0.717) is 57.8 Å². The lowest BCUT2D eigenvalue weighted by molar-refractivity contribution is -0.137. The van der Waals surface area contributed by atoms with Gasteiger partial charge in [0.05, 0.1) is 11.4 Å². The van der Waals surface area contributed by atoms with Gasteiger partial charge in [-0.2, -0.15) is 0 Å². The molecule has 2 aliphatic heterocycles. The molecule has 1 amide bonds. The molecule has 2 fully saturated rings. The highest BCUT2D eigenvalue weighted by molar-refractivity contribution is 7.88. The predicted molar refractivity (Wildman–Crippen MR) is 123 cm³/mol. The molecule has 2 aromatic carbocycles. The Hall–Kier alpha value is -2.45. The van der Waals surface area contributed by atoms with E-state index >= 15 is 0 Å². The van der Waals surface area contributed by atoms with E-state index in [0.717, 1.165) is 11.1 Å². The quantitative estimate of drug-likeness (QED) is 0.690. The van der Waals surface area contributed by atoms with E-state index in [-0.39, 0.29) is 23.4 Å². The van der Waals surface area contributed by atoms with Crippen LogP contribution in [0.1, 0.15) is 24.0 Å². The number of halogens is 1.